The zero-order valence-corrected chi connectivity index (χ0v) is 10.8. The topological polar surface area (TPSA) is 58.3 Å². The third kappa shape index (κ3) is 4.04. The molecule has 0 bridgehead atoms. The maximum Gasteiger partial charge on any atom is 0.0462 e. The average Bonchev–Trinajstić information content (AvgIpc) is 2.71. The molecular weight excluding hydrogens is 200 g/mol. The number of aliphatic hydroxyl groups is 1. The summed E-state index contributed by atoms with van der Waals surface area (Å²) in [6.07, 6.45) is 3.75. The Morgan fingerprint density at radius 1 is 1.31 bits per heavy atom. The zero-order chi connectivity index (χ0) is 12.0. The van der Waals surface area contributed by atoms with Crippen molar-refractivity contribution in [3.05, 3.63) is 0 Å². The molecule has 0 aromatic heterocycles. The summed E-state index contributed by atoms with van der Waals surface area (Å²) in [5, 5.41) is 12.8. The standard InChI is InChI=1S/C13H28N2O/c1-10(2)13(6-14)8-15-7-11-4-3-5-12(11)9-16/h10-13,15-16H,3-9,14H2,1-2H3. The Hall–Kier alpha value is -0.120. The third-order valence-corrected chi connectivity index (χ3v) is 4.11. The summed E-state index contributed by atoms with van der Waals surface area (Å²) in [7, 11) is 0. The molecular formula is C13H28N2O. The van der Waals surface area contributed by atoms with E-state index >= 15 is 0 Å². The molecule has 0 aromatic rings. The number of aliphatic hydroxyl groups excluding tert-OH is 1. The predicted octanol–water partition coefficient (Wildman–Crippen LogP) is 1.22. The minimum absolute atomic E-state index is 0.358. The SMILES string of the molecule is CC(C)C(CN)CNCC1CCCC1CO. The van der Waals surface area contributed by atoms with E-state index in [0.29, 0.717) is 30.3 Å². The maximum absolute atomic E-state index is 9.23. The highest BCUT2D eigenvalue weighted by Gasteiger charge is 2.26. The Kier molecular flexibility index (Phi) is 6.32. The average molecular weight is 228 g/mol. The van der Waals surface area contributed by atoms with Crippen LogP contribution in [0.15, 0.2) is 0 Å². The van der Waals surface area contributed by atoms with Gasteiger partial charge in [-0.15, -0.1) is 0 Å². The number of hydrogen-bond acceptors (Lipinski definition) is 3. The van der Waals surface area contributed by atoms with Gasteiger partial charge in [-0.3, -0.25) is 0 Å². The summed E-state index contributed by atoms with van der Waals surface area (Å²) in [5.74, 6) is 2.43. The Morgan fingerprint density at radius 3 is 2.56 bits per heavy atom. The molecule has 0 saturated heterocycles. The van der Waals surface area contributed by atoms with E-state index < -0.39 is 0 Å². The summed E-state index contributed by atoms with van der Waals surface area (Å²) >= 11 is 0. The van der Waals surface area contributed by atoms with E-state index in [4.69, 9.17) is 5.73 Å². The normalized spacial score (nSPS) is 27.6. The molecule has 3 heteroatoms. The van der Waals surface area contributed by atoms with E-state index in [0.717, 1.165) is 19.6 Å². The molecule has 1 rings (SSSR count). The van der Waals surface area contributed by atoms with E-state index in [2.05, 4.69) is 19.2 Å². The van der Waals surface area contributed by atoms with Crippen molar-refractivity contribution in [2.45, 2.75) is 33.1 Å². The van der Waals surface area contributed by atoms with Crippen LogP contribution in [0.2, 0.25) is 0 Å². The molecule has 3 atom stereocenters. The van der Waals surface area contributed by atoms with Crippen molar-refractivity contribution in [1.29, 1.82) is 0 Å². The largest absolute Gasteiger partial charge is 0.396 e. The molecule has 1 aliphatic rings. The Bertz CT molecular complexity index is 185. The van der Waals surface area contributed by atoms with Gasteiger partial charge >= 0.3 is 0 Å². The summed E-state index contributed by atoms with van der Waals surface area (Å²) in [6.45, 7) is 7.64. The molecule has 1 fully saturated rings. The van der Waals surface area contributed by atoms with E-state index in [1.165, 1.54) is 19.3 Å². The highest BCUT2D eigenvalue weighted by Crippen LogP contribution is 2.30. The van der Waals surface area contributed by atoms with Gasteiger partial charge in [-0.1, -0.05) is 20.3 Å². The van der Waals surface area contributed by atoms with Gasteiger partial charge in [0.05, 0.1) is 0 Å². The fourth-order valence-corrected chi connectivity index (χ4v) is 2.67. The lowest BCUT2D eigenvalue weighted by Gasteiger charge is -2.22. The first-order chi connectivity index (χ1) is 7.69. The lowest BCUT2D eigenvalue weighted by Crippen LogP contribution is -2.35. The molecule has 0 heterocycles. The van der Waals surface area contributed by atoms with Crippen LogP contribution in [0.4, 0.5) is 0 Å². The Labute approximate surface area is 99.8 Å². The molecule has 3 nitrogen and oxygen atoms in total. The zero-order valence-electron chi connectivity index (χ0n) is 10.8. The maximum atomic E-state index is 9.23. The second kappa shape index (κ2) is 7.25. The minimum atomic E-state index is 0.358. The highest BCUT2D eigenvalue weighted by molar-refractivity contribution is 4.79. The Morgan fingerprint density at radius 2 is 2.00 bits per heavy atom. The van der Waals surface area contributed by atoms with Crippen molar-refractivity contribution in [2.24, 2.45) is 29.4 Å². The van der Waals surface area contributed by atoms with Crippen molar-refractivity contribution in [2.75, 3.05) is 26.2 Å². The van der Waals surface area contributed by atoms with E-state index in [9.17, 15) is 5.11 Å². The van der Waals surface area contributed by atoms with Gasteiger partial charge in [0.1, 0.15) is 0 Å². The molecule has 0 spiro atoms. The van der Waals surface area contributed by atoms with E-state index in [1.807, 2.05) is 0 Å². The molecule has 0 amide bonds. The van der Waals surface area contributed by atoms with Gasteiger partial charge < -0.3 is 16.2 Å². The molecule has 0 radical (unpaired) electrons. The van der Waals surface area contributed by atoms with Gasteiger partial charge in [0.15, 0.2) is 0 Å². The monoisotopic (exact) mass is 228 g/mol. The quantitative estimate of drug-likeness (QED) is 0.614. The van der Waals surface area contributed by atoms with Gasteiger partial charge in [-0.25, -0.2) is 0 Å². The fourth-order valence-electron chi connectivity index (χ4n) is 2.67. The van der Waals surface area contributed by atoms with Crippen LogP contribution in [0, 0.1) is 23.7 Å². The third-order valence-electron chi connectivity index (χ3n) is 4.11. The summed E-state index contributed by atoms with van der Waals surface area (Å²) in [5.41, 5.74) is 5.74. The van der Waals surface area contributed by atoms with Crippen molar-refractivity contribution in [3.8, 4) is 0 Å². The van der Waals surface area contributed by atoms with Crippen molar-refractivity contribution in [3.63, 3.8) is 0 Å². The van der Waals surface area contributed by atoms with Crippen LogP contribution < -0.4 is 11.1 Å². The number of rotatable bonds is 7. The molecule has 96 valence electrons. The van der Waals surface area contributed by atoms with Gasteiger partial charge in [-0.2, -0.15) is 0 Å². The van der Waals surface area contributed by atoms with Gasteiger partial charge in [0.2, 0.25) is 0 Å². The molecule has 1 aliphatic carbocycles. The van der Waals surface area contributed by atoms with E-state index in [1.54, 1.807) is 0 Å². The summed E-state index contributed by atoms with van der Waals surface area (Å²) in [4.78, 5) is 0. The first-order valence-corrected chi connectivity index (χ1v) is 6.70. The summed E-state index contributed by atoms with van der Waals surface area (Å²) < 4.78 is 0. The van der Waals surface area contributed by atoms with Crippen LogP contribution in [-0.4, -0.2) is 31.3 Å². The summed E-state index contributed by atoms with van der Waals surface area (Å²) in [6, 6.07) is 0. The smallest absolute Gasteiger partial charge is 0.0462 e. The Balaban J connectivity index is 2.19. The fraction of sp³-hybridized carbons (Fsp3) is 1.00. The van der Waals surface area contributed by atoms with Crippen molar-refractivity contribution in [1.82, 2.24) is 5.32 Å². The van der Waals surface area contributed by atoms with Crippen LogP contribution in [0.5, 0.6) is 0 Å². The van der Waals surface area contributed by atoms with Crippen LogP contribution in [-0.2, 0) is 0 Å². The van der Waals surface area contributed by atoms with Crippen LogP contribution in [0.3, 0.4) is 0 Å². The van der Waals surface area contributed by atoms with E-state index in [-0.39, 0.29) is 0 Å². The lowest BCUT2D eigenvalue weighted by atomic mass is 9.94. The second-order valence-corrected chi connectivity index (χ2v) is 5.53. The number of hydrogen-bond donors (Lipinski definition) is 3. The molecule has 0 aromatic carbocycles. The first kappa shape index (κ1) is 13.9. The molecule has 4 N–H and O–H groups in total. The minimum Gasteiger partial charge on any atom is -0.396 e. The highest BCUT2D eigenvalue weighted by atomic mass is 16.3. The van der Waals surface area contributed by atoms with Gasteiger partial charge in [0, 0.05) is 6.61 Å². The van der Waals surface area contributed by atoms with Crippen molar-refractivity contribution >= 4 is 0 Å². The van der Waals surface area contributed by atoms with Crippen LogP contribution in [0.25, 0.3) is 0 Å². The molecule has 0 aliphatic heterocycles. The molecule has 16 heavy (non-hydrogen) atoms. The second-order valence-electron chi connectivity index (χ2n) is 5.53. The molecule has 3 unspecified atom stereocenters. The van der Waals surface area contributed by atoms with Crippen molar-refractivity contribution < 1.29 is 5.11 Å². The molecule has 1 saturated carbocycles. The van der Waals surface area contributed by atoms with Crippen LogP contribution in [0.1, 0.15) is 33.1 Å². The van der Waals surface area contributed by atoms with Gasteiger partial charge in [0.25, 0.3) is 0 Å². The lowest BCUT2D eigenvalue weighted by molar-refractivity contribution is 0.190. The number of nitrogens with two attached hydrogens (primary N) is 1. The predicted molar refractivity (Wildman–Crippen MR) is 68.2 cm³/mol. The van der Waals surface area contributed by atoms with Gasteiger partial charge in [-0.05, 0) is 56.1 Å². The number of nitrogens with one attached hydrogen (secondary N) is 1. The first-order valence-electron chi connectivity index (χ1n) is 6.70. The van der Waals surface area contributed by atoms with Crippen LogP contribution >= 0.6 is 0 Å².